The maximum absolute atomic E-state index is 13.0. The number of carbonyl (C=O) groups is 2. The normalized spacial score (nSPS) is 11.5. The average molecular weight is 443 g/mol. The molecule has 0 aliphatic carbocycles. The van der Waals surface area contributed by atoms with E-state index < -0.39 is 18.0 Å². The summed E-state index contributed by atoms with van der Waals surface area (Å²) >= 11 is 12.0. The lowest BCUT2D eigenvalue weighted by atomic mass is 10.1. The quantitative estimate of drug-likeness (QED) is 0.504. The number of carbonyl (C=O) groups excluding carboxylic acids is 2. The number of halogens is 2. The third-order valence-corrected chi connectivity index (χ3v) is 4.73. The number of amides is 1. The van der Waals surface area contributed by atoms with Crippen LogP contribution in [-0.4, -0.2) is 26.0 Å². The van der Waals surface area contributed by atoms with Gasteiger partial charge >= 0.3 is 5.97 Å². The topological polar surface area (TPSA) is 58.6 Å². The lowest BCUT2D eigenvalue weighted by Gasteiger charge is -2.19. The van der Waals surface area contributed by atoms with Crippen molar-refractivity contribution in [3.63, 3.8) is 0 Å². The molecule has 3 rings (SSSR count). The van der Waals surface area contributed by atoms with Crippen LogP contribution in [-0.2, 0) is 9.53 Å². The van der Waals surface area contributed by atoms with E-state index in [4.69, 9.17) is 27.9 Å². The number of ether oxygens (including phenoxy) is 1. The van der Waals surface area contributed by atoms with Crippen LogP contribution in [0.25, 0.3) is 0 Å². The zero-order valence-corrected chi connectivity index (χ0v) is 17.9. The third-order valence-electron chi connectivity index (χ3n) is 4.29. The van der Waals surface area contributed by atoms with E-state index in [0.29, 0.717) is 26.9 Å². The molecule has 0 bridgehead atoms. The Labute approximate surface area is 185 Å². The van der Waals surface area contributed by atoms with Crippen LogP contribution in [0.2, 0.25) is 10.0 Å². The van der Waals surface area contributed by atoms with Crippen molar-refractivity contribution in [1.29, 1.82) is 0 Å². The number of benzene rings is 3. The molecule has 1 amide bonds. The number of rotatable bonds is 6. The van der Waals surface area contributed by atoms with Gasteiger partial charge < -0.3 is 15.0 Å². The number of hydrogen-bond acceptors (Lipinski definition) is 4. The summed E-state index contributed by atoms with van der Waals surface area (Å²) < 4.78 is 5.62. The fourth-order valence-corrected chi connectivity index (χ4v) is 3.35. The van der Waals surface area contributed by atoms with Crippen molar-refractivity contribution < 1.29 is 14.3 Å². The molecule has 0 saturated carbocycles. The van der Waals surface area contributed by atoms with E-state index in [-0.39, 0.29) is 0 Å². The largest absolute Gasteiger partial charge is 0.444 e. The van der Waals surface area contributed by atoms with Gasteiger partial charge in [-0.25, -0.2) is 4.79 Å². The van der Waals surface area contributed by atoms with Crippen molar-refractivity contribution in [3.8, 4) is 0 Å². The zero-order valence-electron chi connectivity index (χ0n) is 16.4. The molecule has 0 aliphatic rings. The molecule has 0 aromatic heterocycles. The number of nitrogens with zero attached hydrogens (tertiary/aromatic N) is 1. The van der Waals surface area contributed by atoms with Gasteiger partial charge in [-0.05, 0) is 36.4 Å². The van der Waals surface area contributed by atoms with Gasteiger partial charge in [0.1, 0.15) is 0 Å². The molecule has 3 aromatic rings. The van der Waals surface area contributed by atoms with Crippen LogP contribution in [0.3, 0.4) is 0 Å². The van der Waals surface area contributed by atoms with Gasteiger partial charge in [-0.1, -0.05) is 59.6 Å². The van der Waals surface area contributed by atoms with Crippen molar-refractivity contribution in [1.82, 2.24) is 0 Å². The highest BCUT2D eigenvalue weighted by molar-refractivity contribution is 6.35. The molecule has 0 saturated heterocycles. The van der Waals surface area contributed by atoms with E-state index in [1.807, 2.05) is 31.1 Å². The maximum Gasteiger partial charge on any atom is 0.339 e. The molecule has 0 radical (unpaired) electrons. The van der Waals surface area contributed by atoms with Gasteiger partial charge in [0, 0.05) is 41.1 Å². The van der Waals surface area contributed by atoms with Crippen molar-refractivity contribution in [3.05, 3.63) is 94.0 Å². The number of nitrogens with one attached hydrogen (secondary N) is 1. The van der Waals surface area contributed by atoms with Gasteiger partial charge in [0.25, 0.3) is 5.91 Å². The minimum absolute atomic E-state index is 0.348. The van der Waals surface area contributed by atoms with Crippen LogP contribution >= 0.6 is 23.2 Å². The summed E-state index contributed by atoms with van der Waals surface area (Å²) in [6.45, 7) is 0. The first kappa shape index (κ1) is 21.7. The molecule has 1 atom stereocenters. The Kier molecular flexibility index (Phi) is 6.98. The molecule has 5 nitrogen and oxygen atoms in total. The standard InChI is InChI=1S/C23H20Cl2N2O3/c1-27(2)20-10-6-9-16(11-20)23(29)30-21(15-7-4-3-5-8-15)22(28)26-19-13-17(24)12-18(25)14-19/h3-14,21H,1-2H3,(H,26,28)/t21-/m0/s1. The second-order valence-electron chi connectivity index (χ2n) is 6.79. The van der Waals surface area contributed by atoms with Gasteiger partial charge in [-0.3, -0.25) is 4.79 Å². The first-order valence-electron chi connectivity index (χ1n) is 9.14. The predicted molar refractivity (Wildman–Crippen MR) is 120 cm³/mol. The van der Waals surface area contributed by atoms with Crippen LogP contribution in [0.1, 0.15) is 22.0 Å². The highest BCUT2D eigenvalue weighted by Gasteiger charge is 2.26. The van der Waals surface area contributed by atoms with Gasteiger partial charge in [0.2, 0.25) is 6.10 Å². The highest BCUT2D eigenvalue weighted by Crippen LogP contribution is 2.26. The molecule has 0 fully saturated rings. The second kappa shape index (κ2) is 9.65. The van der Waals surface area contributed by atoms with Gasteiger partial charge in [0.15, 0.2) is 0 Å². The molecule has 0 heterocycles. The summed E-state index contributed by atoms with van der Waals surface area (Å²) in [5.74, 6) is -1.12. The van der Waals surface area contributed by atoms with Crippen LogP contribution in [0.4, 0.5) is 11.4 Å². The van der Waals surface area contributed by atoms with Crippen LogP contribution in [0.15, 0.2) is 72.8 Å². The Bertz CT molecular complexity index is 1040. The summed E-state index contributed by atoms with van der Waals surface area (Å²) in [4.78, 5) is 27.7. The van der Waals surface area contributed by atoms with Crippen molar-refractivity contribution >= 4 is 46.5 Å². The molecule has 30 heavy (non-hydrogen) atoms. The third kappa shape index (κ3) is 5.53. The van der Waals surface area contributed by atoms with Crippen LogP contribution < -0.4 is 10.2 Å². The van der Waals surface area contributed by atoms with Gasteiger partial charge in [-0.15, -0.1) is 0 Å². The molecular formula is C23H20Cl2N2O3. The Morgan fingerprint density at radius 2 is 1.57 bits per heavy atom. The average Bonchev–Trinajstić information content (AvgIpc) is 2.71. The number of anilines is 2. The van der Waals surface area contributed by atoms with E-state index in [1.54, 1.807) is 60.7 Å². The molecule has 0 aliphatic heterocycles. The fraction of sp³-hybridized carbons (Fsp3) is 0.130. The lowest BCUT2D eigenvalue weighted by molar-refractivity contribution is -0.125. The van der Waals surface area contributed by atoms with Crippen molar-refractivity contribution in [2.24, 2.45) is 0 Å². The van der Waals surface area contributed by atoms with Crippen molar-refractivity contribution in [2.75, 3.05) is 24.3 Å². The monoisotopic (exact) mass is 442 g/mol. The maximum atomic E-state index is 13.0. The zero-order chi connectivity index (χ0) is 21.7. The number of hydrogen-bond donors (Lipinski definition) is 1. The molecule has 1 N–H and O–H groups in total. The van der Waals surface area contributed by atoms with Gasteiger partial charge in [-0.2, -0.15) is 0 Å². The summed E-state index contributed by atoms with van der Waals surface area (Å²) in [6.07, 6.45) is -1.15. The molecule has 0 unspecified atom stereocenters. The van der Waals surface area contributed by atoms with Crippen LogP contribution in [0.5, 0.6) is 0 Å². The van der Waals surface area contributed by atoms with Crippen molar-refractivity contribution in [2.45, 2.75) is 6.10 Å². The summed E-state index contributed by atoms with van der Waals surface area (Å²) in [5, 5.41) is 3.48. The Morgan fingerprint density at radius 1 is 0.900 bits per heavy atom. The van der Waals surface area contributed by atoms with E-state index >= 15 is 0 Å². The second-order valence-corrected chi connectivity index (χ2v) is 7.66. The number of esters is 1. The Balaban J connectivity index is 1.87. The first-order chi connectivity index (χ1) is 14.3. The minimum atomic E-state index is -1.15. The lowest BCUT2D eigenvalue weighted by Crippen LogP contribution is -2.26. The van der Waals surface area contributed by atoms with E-state index in [2.05, 4.69) is 5.32 Å². The SMILES string of the molecule is CN(C)c1cccc(C(=O)O[C@H](C(=O)Nc2cc(Cl)cc(Cl)c2)c2ccccc2)c1. The first-order valence-corrected chi connectivity index (χ1v) is 9.89. The smallest absolute Gasteiger partial charge is 0.339 e. The Morgan fingerprint density at radius 3 is 2.20 bits per heavy atom. The molecule has 7 heteroatoms. The summed E-state index contributed by atoms with van der Waals surface area (Å²) in [5.41, 5.74) is 2.14. The minimum Gasteiger partial charge on any atom is -0.444 e. The van der Waals surface area contributed by atoms with Gasteiger partial charge in [0.05, 0.1) is 5.56 Å². The molecule has 3 aromatic carbocycles. The van der Waals surface area contributed by atoms with Crippen LogP contribution in [0, 0.1) is 0 Å². The summed E-state index contributed by atoms with van der Waals surface area (Å²) in [7, 11) is 3.75. The molecular weight excluding hydrogens is 423 g/mol. The predicted octanol–water partition coefficient (Wildman–Crippen LogP) is 5.60. The molecule has 0 spiro atoms. The van der Waals surface area contributed by atoms with E-state index in [9.17, 15) is 9.59 Å². The van der Waals surface area contributed by atoms with E-state index in [0.717, 1.165) is 5.69 Å². The molecule has 154 valence electrons. The summed E-state index contributed by atoms with van der Waals surface area (Å²) in [6, 6.07) is 20.5. The fourth-order valence-electron chi connectivity index (χ4n) is 2.82. The Hall–Kier alpha value is -3.02. The van der Waals surface area contributed by atoms with E-state index in [1.165, 1.54) is 0 Å². The highest BCUT2D eigenvalue weighted by atomic mass is 35.5.